The molecular formula is C12H12F3N4O4P. The lowest BCUT2D eigenvalue weighted by molar-refractivity contribution is -0.136. The smallest absolute Gasteiger partial charge is 0.370 e. The highest BCUT2D eigenvalue weighted by atomic mass is 31.2. The summed E-state index contributed by atoms with van der Waals surface area (Å²) in [6.07, 6.45) is -4.79. The van der Waals surface area contributed by atoms with Gasteiger partial charge in [-0.05, 0) is 18.2 Å². The number of rotatable bonds is 2. The molecule has 12 heteroatoms. The van der Waals surface area contributed by atoms with Crippen molar-refractivity contribution in [2.75, 3.05) is 0 Å². The van der Waals surface area contributed by atoms with Crippen LogP contribution in [0.15, 0.2) is 23.2 Å². The normalized spacial score (nSPS) is 12.4. The maximum atomic E-state index is 13.1. The molecule has 2 rings (SSSR count). The first-order chi connectivity index (χ1) is 10.8. The predicted molar refractivity (Wildman–Crippen MR) is 79.7 cm³/mol. The summed E-state index contributed by atoms with van der Waals surface area (Å²) in [5.74, 6) is -1.64. The number of guanidine groups is 1. The van der Waals surface area contributed by atoms with Crippen LogP contribution in [0.3, 0.4) is 0 Å². The zero-order valence-electron chi connectivity index (χ0n) is 12.1. The summed E-state index contributed by atoms with van der Waals surface area (Å²) in [6.45, 7) is 0. The van der Waals surface area contributed by atoms with E-state index in [9.17, 15) is 32.3 Å². The van der Waals surface area contributed by atoms with E-state index in [2.05, 4.69) is 4.99 Å². The Morgan fingerprint density at radius 1 is 1.29 bits per heavy atom. The van der Waals surface area contributed by atoms with Gasteiger partial charge in [-0.1, -0.05) is 0 Å². The van der Waals surface area contributed by atoms with Gasteiger partial charge < -0.3 is 25.8 Å². The van der Waals surface area contributed by atoms with Gasteiger partial charge in [0, 0.05) is 12.4 Å². The molecular weight excluding hydrogens is 352 g/mol. The van der Waals surface area contributed by atoms with Gasteiger partial charge in [0.05, 0.1) is 16.4 Å². The van der Waals surface area contributed by atoms with Crippen LogP contribution in [-0.4, -0.2) is 26.2 Å². The first-order valence-corrected chi connectivity index (χ1v) is 7.85. The number of aliphatic imine (C=N–C) groups is 1. The summed E-state index contributed by atoms with van der Waals surface area (Å²) in [4.78, 5) is 33.9. The van der Waals surface area contributed by atoms with Crippen LogP contribution in [0.4, 0.5) is 13.2 Å². The van der Waals surface area contributed by atoms with Gasteiger partial charge >= 0.3 is 13.8 Å². The molecule has 0 bridgehead atoms. The van der Waals surface area contributed by atoms with Crippen LogP contribution in [0.5, 0.6) is 0 Å². The second-order valence-corrected chi connectivity index (χ2v) is 6.44. The maximum absolute atomic E-state index is 13.1. The summed E-state index contributed by atoms with van der Waals surface area (Å²) in [5.41, 5.74) is 8.21. The van der Waals surface area contributed by atoms with Crippen molar-refractivity contribution in [2.45, 2.75) is 6.18 Å². The lowest BCUT2D eigenvalue weighted by Crippen LogP contribution is -2.24. The fraction of sp³-hybridized carbons (Fsp3) is 0.167. The number of halogens is 3. The van der Waals surface area contributed by atoms with Crippen molar-refractivity contribution >= 4 is 35.7 Å². The monoisotopic (exact) mass is 364 g/mol. The van der Waals surface area contributed by atoms with E-state index in [4.69, 9.17) is 11.5 Å². The van der Waals surface area contributed by atoms with E-state index < -0.39 is 47.4 Å². The summed E-state index contributed by atoms with van der Waals surface area (Å²) in [6, 6.07) is 2.07. The van der Waals surface area contributed by atoms with Crippen LogP contribution in [-0.2, 0) is 17.8 Å². The van der Waals surface area contributed by atoms with Crippen molar-refractivity contribution in [3.8, 4) is 0 Å². The highest BCUT2D eigenvalue weighted by molar-refractivity contribution is 7.60. The first kappa shape index (κ1) is 18.0. The van der Waals surface area contributed by atoms with Gasteiger partial charge in [-0.25, -0.2) is 0 Å². The Balaban J connectivity index is 2.93. The van der Waals surface area contributed by atoms with Gasteiger partial charge in [0.1, 0.15) is 5.69 Å². The quantitative estimate of drug-likeness (QED) is 0.345. The Bertz CT molecular complexity index is 909. The van der Waals surface area contributed by atoms with Crippen LogP contribution >= 0.6 is 7.60 Å². The minimum absolute atomic E-state index is 0.357. The number of aryl methyl sites for hydroxylation is 1. The Labute approximate surface area is 132 Å². The third-order valence-electron chi connectivity index (χ3n) is 3.24. The summed E-state index contributed by atoms with van der Waals surface area (Å²) >= 11 is 0. The first-order valence-electron chi connectivity index (χ1n) is 6.23. The molecule has 6 N–H and O–H groups in total. The minimum atomic E-state index is -4.89. The number of hydrogen-bond acceptors (Lipinski definition) is 2. The van der Waals surface area contributed by atoms with E-state index >= 15 is 0 Å². The molecule has 1 aromatic heterocycles. The lowest BCUT2D eigenvalue weighted by atomic mass is 10.1. The molecule has 0 spiro atoms. The molecule has 1 heterocycles. The van der Waals surface area contributed by atoms with E-state index in [0.717, 1.165) is 10.6 Å². The fourth-order valence-electron chi connectivity index (χ4n) is 2.31. The van der Waals surface area contributed by atoms with Crippen LogP contribution in [0.1, 0.15) is 16.1 Å². The molecule has 1 aromatic carbocycles. The van der Waals surface area contributed by atoms with Crippen LogP contribution in [0.2, 0.25) is 0 Å². The average Bonchev–Trinajstić information content (AvgIpc) is 2.73. The molecule has 0 saturated carbocycles. The number of nitrogens with two attached hydrogens (primary N) is 2. The van der Waals surface area contributed by atoms with Gasteiger partial charge in [0.2, 0.25) is 0 Å². The Kier molecular flexibility index (Phi) is 4.21. The number of aromatic nitrogens is 1. The summed E-state index contributed by atoms with van der Waals surface area (Å²) in [7, 11) is -3.71. The zero-order valence-corrected chi connectivity index (χ0v) is 13.0. The van der Waals surface area contributed by atoms with Gasteiger partial charge in [0.15, 0.2) is 5.96 Å². The molecule has 0 aliphatic rings. The van der Waals surface area contributed by atoms with Crippen molar-refractivity contribution < 1.29 is 32.3 Å². The fourth-order valence-corrected chi connectivity index (χ4v) is 3.13. The third kappa shape index (κ3) is 3.14. The standard InChI is InChI=1S/C12H12F3N4O4P/c1-19-7(10(20)18-11(16)17)4-5-6(12(13,14)15)2-3-8(9(5)19)24(21,22)23/h2-4H,1H3,(H2,21,22,23)(H4,16,17,18,20). The van der Waals surface area contributed by atoms with Gasteiger partial charge in [0.25, 0.3) is 5.91 Å². The molecule has 0 saturated heterocycles. The van der Waals surface area contributed by atoms with Crippen molar-refractivity contribution in [3.63, 3.8) is 0 Å². The molecule has 0 atom stereocenters. The number of carbonyl (C=O) groups is 1. The number of nitrogens with zero attached hydrogens (tertiary/aromatic N) is 2. The van der Waals surface area contributed by atoms with Crippen molar-refractivity contribution in [2.24, 2.45) is 23.5 Å². The molecule has 24 heavy (non-hydrogen) atoms. The van der Waals surface area contributed by atoms with Gasteiger partial charge in [-0.2, -0.15) is 18.2 Å². The minimum Gasteiger partial charge on any atom is -0.370 e. The molecule has 1 amide bonds. The van der Waals surface area contributed by atoms with Crippen LogP contribution < -0.4 is 16.8 Å². The Morgan fingerprint density at radius 2 is 1.88 bits per heavy atom. The molecule has 2 aromatic rings. The third-order valence-corrected chi connectivity index (χ3v) is 4.23. The van der Waals surface area contributed by atoms with E-state index in [-0.39, 0.29) is 5.69 Å². The molecule has 0 aliphatic heterocycles. The van der Waals surface area contributed by atoms with E-state index in [1.807, 2.05) is 0 Å². The number of fused-ring (bicyclic) bond motifs is 1. The van der Waals surface area contributed by atoms with Gasteiger partial charge in [-0.3, -0.25) is 9.36 Å². The van der Waals surface area contributed by atoms with E-state index in [1.165, 1.54) is 7.05 Å². The number of hydrogen-bond donors (Lipinski definition) is 4. The van der Waals surface area contributed by atoms with Crippen LogP contribution in [0.25, 0.3) is 10.9 Å². The number of amides is 1. The van der Waals surface area contributed by atoms with Crippen molar-refractivity contribution in [1.82, 2.24) is 4.57 Å². The number of carbonyl (C=O) groups excluding carboxylic acids is 1. The van der Waals surface area contributed by atoms with Crippen molar-refractivity contribution in [1.29, 1.82) is 0 Å². The van der Waals surface area contributed by atoms with E-state index in [1.54, 1.807) is 0 Å². The summed E-state index contributed by atoms with van der Waals surface area (Å²) in [5, 5.41) is -1.18. The van der Waals surface area contributed by atoms with Crippen molar-refractivity contribution in [3.05, 3.63) is 29.5 Å². The molecule has 0 aliphatic carbocycles. The zero-order chi connectivity index (χ0) is 18.4. The number of benzene rings is 1. The second-order valence-electron chi connectivity index (χ2n) is 4.87. The molecule has 130 valence electrons. The average molecular weight is 364 g/mol. The Morgan fingerprint density at radius 3 is 2.33 bits per heavy atom. The molecule has 0 unspecified atom stereocenters. The highest BCUT2D eigenvalue weighted by Gasteiger charge is 2.36. The molecule has 0 radical (unpaired) electrons. The van der Waals surface area contributed by atoms with Gasteiger partial charge in [-0.15, -0.1) is 0 Å². The van der Waals surface area contributed by atoms with Crippen LogP contribution in [0, 0.1) is 0 Å². The summed E-state index contributed by atoms with van der Waals surface area (Å²) < 4.78 is 51.9. The predicted octanol–water partition coefficient (Wildman–Crippen LogP) is 0.414. The SMILES string of the molecule is Cn1c(C(=O)N=C(N)N)cc2c(C(F)(F)F)ccc(P(=O)(O)O)c21. The highest BCUT2D eigenvalue weighted by Crippen LogP contribution is 2.41. The molecule has 0 fully saturated rings. The lowest BCUT2D eigenvalue weighted by Gasteiger charge is -2.13. The topological polar surface area (TPSA) is 144 Å². The Hall–Kier alpha value is -2.36. The number of alkyl halides is 3. The molecule has 8 nitrogen and oxygen atoms in total. The second kappa shape index (κ2) is 5.62. The van der Waals surface area contributed by atoms with E-state index in [0.29, 0.717) is 12.1 Å². The maximum Gasteiger partial charge on any atom is 0.417 e. The largest absolute Gasteiger partial charge is 0.417 e.